The van der Waals surface area contributed by atoms with Gasteiger partial charge in [0.15, 0.2) is 6.10 Å². The lowest BCUT2D eigenvalue weighted by atomic mass is 10.1. The minimum Gasteiger partial charge on any atom is -0.462 e. The van der Waals surface area contributed by atoms with Crippen molar-refractivity contribution in [2.45, 2.75) is 20.0 Å². The SMILES string of the molecule is CCOC(=O)c1cc(-c2ccccc2)sc1NC(=O)C(C)OC(=O)c1ccc(-n2ccnc2)nc1. The maximum Gasteiger partial charge on any atom is 0.341 e. The molecule has 10 heteroatoms. The number of imidazole rings is 1. The Labute approximate surface area is 205 Å². The van der Waals surface area contributed by atoms with Crippen LogP contribution in [-0.2, 0) is 14.3 Å². The zero-order valence-electron chi connectivity index (χ0n) is 19.0. The van der Waals surface area contributed by atoms with Crippen LogP contribution < -0.4 is 5.32 Å². The smallest absolute Gasteiger partial charge is 0.341 e. The number of nitrogens with one attached hydrogen (secondary N) is 1. The van der Waals surface area contributed by atoms with Crippen LogP contribution in [0, 0.1) is 0 Å². The van der Waals surface area contributed by atoms with Crippen molar-refractivity contribution in [2.75, 3.05) is 11.9 Å². The highest BCUT2D eigenvalue weighted by molar-refractivity contribution is 7.20. The van der Waals surface area contributed by atoms with Gasteiger partial charge >= 0.3 is 11.9 Å². The van der Waals surface area contributed by atoms with Gasteiger partial charge in [-0.25, -0.2) is 19.6 Å². The molecule has 0 saturated carbocycles. The normalized spacial score (nSPS) is 11.5. The molecule has 3 heterocycles. The number of benzene rings is 1. The fraction of sp³-hybridized carbons (Fsp3) is 0.160. The van der Waals surface area contributed by atoms with Crippen molar-refractivity contribution in [2.24, 2.45) is 0 Å². The minimum atomic E-state index is -1.12. The lowest BCUT2D eigenvalue weighted by molar-refractivity contribution is -0.123. The Hall–Kier alpha value is -4.31. The maximum absolute atomic E-state index is 12.8. The number of amides is 1. The van der Waals surface area contributed by atoms with Crippen molar-refractivity contribution in [1.29, 1.82) is 0 Å². The first kappa shape index (κ1) is 23.8. The van der Waals surface area contributed by atoms with Gasteiger partial charge in [-0.1, -0.05) is 30.3 Å². The molecule has 0 fully saturated rings. The van der Waals surface area contributed by atoms with Crippen molar-refractivity contribution in [1.82, 2.24) is 14.5 Å². The predicted molar refractivity (Wildman–Crippen MR) is 131 cm³/mol. The van der Waals surface area contributed by atoms with Gasteiger partial charge in [-0.15, -0.1) is 11.3 Å². The second-order valence-electron chi connectivity index (χ2n) is 7.35. The first-order valence-corrected chi connectivity index (χ1v) is 11.6. The minimum absolute atomic E-state index is 0.197. The van der Waals surface area contributed by atoms with Crippen LogP contribution in [0.2, 0.25) is 0 Å². The first-order valence-electron chi connectivity index (χ1n) is 10.8. The number of anilines is 1. The molecule has 0 saturated heterocycles. The summed E-state index contributed by atoms with van der Waals surface area (Å²) in [5.41, 5.74) is 1.33. The van der Waals surface area contributed by atoms with E-state index in [9.17, 15) is 14.4 Å². The second kappa shape index (κ2) is 10.7. The summed E-state index contributed by atoms with van der Waals surface area (Å²) >= 11 is 1.24. The van der Waals surface area contributed by atoms with E-state index < -0.39 is 23.9 Å². The standard InChI is InChI=1S/C25H22N4O5S/c1-3-33-25(32)19-13-20(17-7-5-4-6-8-17)35-23(19)28-22(30)16(2)34-24(31)18-9-10-21(27-14-18)29-12-11-26-15-29/h4-16H,3H2,1-2H3,(H,28,30). The summed E-state index contributed by atoms with van der Waals surface area (Å²) in [6.45, 7) is 3.36. The van der Waals surface area contributed by atoms with Crippen molar-refractivity contribution < 1.29 is 23.9 Å². The number of rotatable bonds is 8. The number of carbonyl (C=O) groups excluding carboxylic acids is 3. The average Bonchev–Trinajstić information content (AvgIpc) is 3.55. The van der Waals surface area contributed by atoms with Gasteiger partial charge in [0.25, 0.3) is 5.91 Å². The van der Waals surface area contributed by atoms with Crippen LogP contribution in [0.25, 0.3) is 16.3 Å². The third-order valence-corrected chi connectivity index (χ3v) is 6.03. The number of carbonyl (C=O) groups is 3. The number of ether oxygens (including phenoxy) is 2. The molecule has 0 aliphatic heterocycles. The van der Waals surface area contributed by atoms with Crippen LogP contribution >= 0.6 is 11.3 Å². The Morgan fingerprint density at radius 1 is 1.11 bits per heavy atom. The molecule has 1 N–H and O–H groups in total. The molecule has 35 heavy (non-hydrogen) atoms. The molecule has 4 rings (SSSR count). The topological polar surface area (TPSA) is 112 Å². The molecule has 0 aliphatic carbocycles. The number of hydrogen-bond acceptors (Lipinski definition) is 8. The summed E-state index contributed by atoms with van der Waals surface area (Å²) in [4.78, 5) is 46.8. The van der Waals surface area contributed by atoms with E-state index in [2.05, 4.69) is 15.3 Å². The highest BCUT2D eigenvalue weighted by Crippen LogP contribution is 2.36. The largest absolute Gasteiger partial charge is 0.462 e. The van der Waals surface area contributed by atoms with Crippen molar-refractivity contribution in [3.63, 3.8) is 0 Å². The fourth-order valence-electron chi connectivity index (χ4n) is 3.14. The monoisotopic (exact) mass is 490 g/mol. The summed E-state index contributed by atoms with van der Waals surface area (Å²) in [5, 5.41) is 3.02. The molecule has 0 radical (unpaired) electrons. The summed E-state index contributed by atoms with van der Waals surface area (Å²) in [6, 6.07) is 14.3. The Balaban J connectivity index is 1.46. The third kappa shape index (κ3) is 5.61. The van der Waals surface area contributed by atoms with Crippen LogP contribution in [0.15, 0.2) is 73.4 Å². The molecule has 1 aromatic carbocycles. The molecule has 1 amide bonds. The van der Waals surface area contributed by atoms with E-state index >= 15 is 0 Å². The lowest BCUT2D eigenvalue weighted by Crippen LogP contribution is -2.30. The second-order valence-corrected chi connectivity index (χ2v) is 8.40. The number of pyridine rings is 1. The van der Waals surface area contributed by atoms with Gasteiger partial charge in [0.05, 0.1) is 17.7 Å². The Morgan fingerprint density at radius 3 is 2.57 bits per heavy atom. The van der Waals surface area contributed by atoms with E-state index in [0.717, 1.165) is 10.4 Å². The van der Waals surface area contributed by atoms with Gasteiger partial charge in [0, 0.05) is 23.5 Å². The molecule has 178 valence electrons. The van der Waals surface area contributed by atoms with Gasteiger partial charge < -0.3 is 14.8 Å². The Kier molecular flexibility index (Phi) is 7.32. The van der Waals surface area contributed by atoms with Crippen molar-refractivity contribution in [3.8, 4) is 16.3 Å². The molecular formula is C25H22N4O5S. The van der Waals surface area contributed by atoms with Crippen LogP contribution in [-0.4, -0.2) is 45.1 Å². The summed E-state index contributed by atoms with van der Waals surface area (Å²) in [7, 11) is 0. The van der Waals surface area contributed by atoms with E-state index in [1.807, 2.05) is 30.3 Å². The van der Waals surface area contributed by atoms with E-state index in [4.69, 9.17) is 9.47 Å². The zero-order valence-corrected chi connectivity index (χ0v) is 19.8. The number of esters is 2. The third-order valence-electron chi connectivity index (χ3n) is 4.93. The van der Waals surface area contributed by atoms with Gasteiger partial charge in [-0.3, -0.25) is 9.36 Å². The maximum atomic E-state index is 12.8. The van der Waals surface area contributed by atoms with E-state index in [1.165, 1.54) is 24.5 Å². The van der Waals surface area contributed by atoms with Gasteiger partial charge in [0.2, 0.25) is 0 Å². The quantitative estimate of drug-likeness (QED) is 0.365. The van der Waals surface area contributed by atoms with Crippen LogP contribution in [0.4, 0.5) is 5.00 Å². The fourth-order valence-corrected chi connectivity index (χ4v) is 4.19. The Morgan fingerprint density at radius 2 is 1.91 bits per heavy atom. The number of hydrogen-bond donors (Lipinski definition) is 1. The van der Waals surface area contributed by atoms with Crippen molar-refractivity contribution in [3.05, 3.63) is 84.6 Å². The summed E-state index contributed by atoms with van der Waals surface area (Å²) in [5.74, 6) is -1.23. The molecule has 0 bridgehead atoms. The van der Waals surface area contributed by atoms with Crippen LogP contribution in [0.5, 0.6) is 0 Å². The number of aromatic nitrogens is 3. The Bertz CT molecular complexity index is 1320. The molecule has 1 atom stereocenters. The molecule has 0 aliphatic rings. The molecule has 0 spiro atoms. The first-order chi connectivity index (χ1) is 17.0. The van der Waals surface area contributed by atoms with E-state index in [1.54, 1.807) is 48.4 Å². The van der Waals surface area contributed by atoms with Crippen LogP contribution in [0.3, 0.4) is 0 Å². The highest BCUT2D eigenvalue weighted by atomic mass is 32.1. The average molecular weight is 491 g/mol. The van der Waals surface area contributed by atoms with Gasteiger partial charge in [-0.2, -0.15) is 0 Å². The zero-order chi connectivity index (χ0) is 24.8. The summed E-state index contributed by atoms with van der Waals surface area (Å²) < 4.78 is 12.1. The van der Waals surface area contributed by atoms with Gasteiger partial charge in [0.1, 0.15) is 17.1 Å². The van der Waals surface area contributed by atoms with Gasteiger partial charge in [-0.05, 0) is 37.6 Å². The molecule has 1 unspecified atom stereocenters. The van der Waals surface area contributed by atoms with E-state index in [0.29, 0.717) is 10.8 Å². The van der Waals surface area contributed by atoms with Crippen molar-refractivity contribution >= 4 is 34.2 Å². The number of thiophene rings is 1. The molecule has 3 aromatic heterocycles. The van der Waals surface area contributed by atoms with E-state index in [-0.39, 0.29) is 17.7 Å². The lowest BCUT2D eigenvalue weighted by Gasteiger charge is -2.13. The predicted octanol–water partition coefficient (Wildman–Crippen LogP) is 4.36. The summed E-state index contributed by atoms with van der Waals surface area (Å²) in [6.07, 6.45) is 5.18. The molecule has 4 aromatic rings. The van der Waals surface area contributed by atoms with Crippen LogP contribution in [0.1, 0.15) is 34.6 Å². The number of nitrogens with zero attached hydrogens (tertiary/aromatic N) is 3. The molecule has 9 nitrogen and oxygen atoms in total. The molecular weight excluding hydrogens is 468 g/mol. The highest BCUT2D eigenvalue weighted by Gasteiger charge is 2.24.